The van der Waals surface area contributed by atoms with Crippen molar-refractivity contribution in [1.29, 1.82) is 5.41 Å². The fraction of sp³-hybridized carbons (Fsp3) is 0. The maximum atomic E-state index is 7.07. The Morgan fingerprint density at radius 2 is 2.20 bits per heavy atom. The van der Waals surface area contributed by atoms with E-state index in [0.29, 0.717) is 11.5 Å². The molecule has 1 aromatic carbocycles. The zero-order valence-electron chi connectivity index (χ0n) is 10.6. The number of aromatic nitrogens is 2. The maximum absolute atomic E-state index is 7.07. The van der Waals surface area contributed by atoms with Crippen molar-refractivity contribution < 1.29 is 4.52 Å². The van der Waals surface area contributed by atoms with Crippen LogP contribution in [0.4, 0.5) is 0 Å². The molecule has 0 radical (unpaired) electrons. The number of nitrogens with zero attached hydrogens (tertiary/aromatic N) is 2. The molecule has 0 atom stereocenters. The Balaban J connectivity index is 2.18. The fourth-order valence-corrected chi connectivity index (χ4v) is 2.01. The number of nitrogens with one attached hydrogen (secondary N) is 1. The number of hydrogen-bond acceptors (Lipinski definition) is 5. The molecule has 0 spiro atoms. The van der Waals surface area contributed by atoms with Crippen molar-refractivity contribution in [2.45, 2.75) is 0 Å². The summed E-state index contributed by atoms with van der Waals surface area (Å²) in [4.78, 5) is 4.08. The first-order valence-electron chi connectivity index (χ1n) is 6.06. The van der Waals surface area contributed by atoms with E-state index in [1.165, 1.54) is 0 Å². The van der Waals surface area contributed by atoms with Gasteiger partial charge in [0.05, 0.1) is 5.39 Å². The van der Waals surface area contributed by atoms with Gasteiger partial charge >= 0.3 is 0 Å². The third-order valence-electron chi connectivity index (χ3n) is 3.00. The molecule has 5 heteroatoms. The van der Waals surface area contributed by atoms with Crippen LogP contribution in [0, 0.1) is 5.41 Å². The van der Waals surface area contributed by atoms with Gasteiger partial charge in [-0.05, 0) is 35.9 Å². The van der Waals surface area contributed by atoms with Crippen LogP contribution in [0.5, 0.6) is 0 Å². The van der Waals surface area contributed by atoms with Gasteiger partial charge in [-0.2, -0.15) is 0 Å². The molecule has 3 N–H and O–H groups in total. The van der Waals surface area contributed by atoms with E-state index in [2.05, 4.69) is 10.1 Å². The highest BCUT2D eigenvalue weighted by atomic mass is 16.5. The van der Waals surface area contributed by atoms with Gasteiger partial charge in [-0.3, -0.25) is 4.98 Å². The van der Waals surface area contributed by atoms with Gasteiger partial charge in [0.2, 0.25) is 0 Å². The van der Waals surface area contributed by atoms with Crippen LogP contribution in [0.3, 0.4) is 0 Å². The van der Waals surface area contributed by atoms with Gasteiger partial charge in [-0.15, -0.1) is 0 Å². The lowest BCUT2D eigenvalue weighted by molar-refractivity contribution is 0.441. The Kier molecular flexibility index (Phi) is 3.01. The normalized spacial score (nSPS) is 11.7. The Bertz CT molecular complexity index is 790. The number of fused-ring (bicyclic) bond motifs is 1. The van der Waals surface area contributed by atoms with E-state index in [9.17, 15) is 0 Å². The van der Waals surface area contributed by atoms with Crippen LogP contribution < -0.4 is 5.73 Å². The summed E-state index contributed by atoms with van der Waals surface area (Å²) in [6, 6.07) is 9.36. The van der Waals surface area contributed by atoms with Gasteiger partial charge in [-0.1, -0.05) is 11.2 Å². The van der Waals surface area contributed by atoms with E-state index >= 15 is 0 Å². The molecule has 0 saturated heterocycles. The highest BCUT2D eigenvalue weighted by molar-refractivity contribution is 5.94. The van der Waals surface area contributed by atoms with Crippen LogP contribution >= 0.6 is 0 Å². The van der Waals surface area contributed by atoms with Gasteiger partial charge in [0.25, 0.3) is 0 Å². The summed E-state index contributed by atoms with van der Waals surface area (Å²) < 4.78 is 5.40. The molecule has 20 heavy (non-hydrogen) atoms. The average molecular weight is 264 g/mol. The Hall–Kier alpha value is -2.95. The predicted octanol–water partition coefficient (Wildman–Crippen LogP) is 2.84. The van der Waals surface area contributed by atoms with Crippen molar-refractivity contribution in [2.75, 3.05) is 0 Å². The summed E-state index contributed by atoms with van der Waals surface area (Å²) in [5.74, 6) is 0.664. The maximum Gasteiger partial charge on any atom is 0.176 e. The van der Waals surface area contributed by atoms with E-state index in [4.69, 9.17) is 15.7 Å². The summed E-state index contributed by atoms with van der Waals surface area (Å²) in [6.45, 7) is 0. The summed E-state index contributed by atoms with van der Waals surface area (Å²) in [6.07, 6.45) is 6.13. The number of allylic oxidation sites excluding steroid dienone is 1. The predicted molar refractivity (Wildman–Crippen MR) is 78.2 cm³/mol. The minimum absolute atomic E-state index is 0.528. The molecule has 2 heterocycles. The van der Waals surface area contributed by atoms with Crippen LogP contribution in [0.1, 0.15) is 5.56 Å². The quantitative estimate of drug-likeness (QED) is 0.712. The van der Waals surface area contributed by atoms with Crippen LogP contribution in [0.25, 0.3) is 27.9 Å². The largest absolute Gasteiger partial charge is 0.398 e. The Morgan fingerprint density at radius 1 is 1.30 bits per heavy atom. The lowest BCUT2D eigenvalue weighted by Gasteiger charge is -2.01. The highest BCUT2D eigenvalue weighted by Crippen LogP contribution is 2.29. The number of benzene rings is 1. The van der Waals surface area contributed by atoms with Crippen LogP contribution in [-0.4, -0.2) is 16.4 Å². The monoisotopic (exact) mass is 264 g/mol. The van der Waals surface area contributed by atoms with Crippen molar-refractivity contribution in [3.63, 3.8) is 0 Å². The fourth-order valence-electron chi connectivity index (χ4n) is 2.01. The summed E-state index contributed by atoms with van der Waals surface area (Å²) >= 11 is 0. The van der Waals surface area contributed by atoms with Crippen LogP contribution in [0.15, 0.2) is 53.3 Å². The molecule has 5 nitrogen and oxygen atoms in total. The summed E-state index contributed by atoms with van der Waals surface area (Å²) in [5.41, 5.74) is 8.88. The first kappa shape index (κ1) is 12.1. The highest BCUT2D eigenvalue weighted by Gasteiger charge is 2.11. The van der Waals surface area contributed by atoms with E-state index in [1.54, 1.807) is 18.5 Å². The minimum atomic E-state index is 0.528. The number of rotatable bonds is 3. The van der Waals surface area contributed by atoms with Crippen molar-refractivity contribution >= 4 is 22.8 Å². The van der Waals surface area contributed by atoms with Crippen molar-refractivity contribution in [1.82, 2.24) is 10.1 Å². The van der Waals surface area contributed by atoms with Gasteiger partial charge in [0, 0.05) is 29.9 Å². The first-order chi connectivity index (χ1) is 9.79. The molecule has 0 bridgehead atoms. The molecule has 0 unspecified atom stereocenters. The second-order valence-electron chi connectivity index (χ2n) is 4.27. The van der Waals surface area contributed by atoms with Gasteiger partial charge < -0.3 is 15.7 Å². The topological polar surface area (TPSA) is 88.8 Å². The summed E-state index contributed by atoms with van der Waals surface area (Å²) in [5, 5.41) is 12.0. The minimum Gasteiger partial charge on any atom is -0.398 e. The van der Waals surface area contributed by atoms with Gasteiger partial charge in [-0.25, -0.2) is 0 Å². The molecule has 0 aliphatic heterocycles. The molecule has 0 amide bonds. The SMILES string of the molecule is N=CC=C(N)c1ccc2noc(-c3cccnc3)c2c1. The smallest absolute Gasteiger partial charge is 0.176 e. The summed E-state index contributed by atoms with van der Waals surface area (Å²) in [7, 11) is 0. The molecule has 3 aromatic rings. The molecule has 0 fully saturated rings. The first-order valence-corrected chi connectivity index (χ1v) is 6.06. The van der Waals surface area contributed by atoms with E-state index in [-0.39, 0.29) is 0 Å². The van der Waals surface area contributed by atoms with Crippen LogP contribution in [-0.2, 0) is 0 Å². The van der Waals surface area contributed by atoms with E-state index in [0.717, 1.165) is 28.2 Å². The van der Waals surface area contributed by atoms with Crippen molar-refractivity contribution in [3.05, 3.63) is 54.4 Å². The van der Waals surface area contributed by atoms with Crippen molar-refractivity contribution in [2.24, 2.45) is 5.73 Å². The second kappa shape index (κ2) is 4.97. The lowest BCUT2D eigenvalue weighted by atomic mass is 10.1. The third kappa shape index (κ3) is 2.05. The molecule has 0 aliphatic rings. The van der Waals surface area contributed by atoms with Crippen LogP contribution in [0.2, 0.25) is 0 Å². The van der Waals surface area contributed by atoms with Gasteiger partial charge in [0.1, 0.15) is 5.52 Å². The number of pyridine rings is 1. The average Bonchev–Trinajstić information content (AvgIpc) is 2.91. The lowest BCUT2D eigenvalue weighted by Crippen LogP contribution is -1.96. The van der Waals surface area contributed by atoms with Gasteiger partial charge in [0.15, 0.2) is 5.76 Å². The second-order valence-corrected chi connectivity index (χ2v) is 4.27. The Labute approximate surface area is 115 Å². The Morgan fingerprint density at radius 3 is 2.95 bits per heavy atom. The molecule has 2 aromatic heterocycles. The number of hydrogen-bond donors (Lipinski definition) is 2. The molecule has 98 valence electrons. The van der Waals surface area contributed by atoms with E-state index < -0.39 is 0 Å². The van der Waals surface area contributed by atoms with Crippen molar-refractivity contribution in [3.8, 4) is 11.3 Å². The molecule has 3 rings (SSSR count). The zero-order valence-corrected chi connectivity index (χ0v) is 10.6. The standard InChI is InChI=1S/C15H12N4O/c16-6-5-13(17)10-3-4-14-12(8-10)15(20-19-14)11-2-1-7-18-9-11/h1-9,16H,17H2. The number of nitrogens with two attached hydrogens (primary N) is 1. The molecule has 0 aliphatic carbocycles. The zero-order chi connectivity index (χ0) is 13.9. The molecule has 0 saturated carbocycles. The van der Waals surface area contributed by atoms with E-state index in [1.807, 2.05) is 30.3 Å². The molecular formula is C15H12N4O. The third-order valence-corrected chi connectivity index (χ3v) is 3.00. The molecular weight excluding hydrogens is 252 g/mol.